The van der Waals surface area contributed by atoms with Gasteiger partial charge in [-0.05, 0) is 18.6 Å². The molecule has 0 aliphatic carbocycles. The third-order valence-electron chi connectivity index (χ3n) is 2.89. The van der Waals surface area contributed by atoms with Crippen LogP contribution in [-0.4, -0.2) is 29.5 Å². The van der Waals surface area contributed by atoms with Crippen molar-refractivity contribution in [2.45, 2.75) is 31.4 Å². The van der Waals surface area contributed by atoms with Crippen LogP contribution in [0.2, 0.25) is 0 Å². The van der Waals surface area contributed by atoms with Gasteiger partial charge >= 0.3 is 11.9 Å². The second kappa shape index (κ2) is 4.97. The van der Waals surface area contributed by atoms with Crippen LogP contribution in [0.15, 0.2) is 24.5 Å². The van der Waals surface area contributed by atoms with Gasteiger partial charge in [0.25, 0.3) is 0 Å². The molecule has 0 aromatic carbocycles. The van der Waals surface area contributed by atoms with Crippen LogP contribution in [0.3, 0.4) is 0 Å². The van der Waals surface area contributed by atoms with Crippen molar-refractivity contribution in [1.82, 2.24) is 10.3 Å². The lowest BCUT2D eigenvalue weighted by Crippen LogP contribution is -2.29. The molecule has 4 nitrogen and oxygen atoms in total. The number of nitrogens with zero attached hydrogens (tertiary/aromatic N) is 1. The molecule has 0 bridgehead atoms. The van der Waals surface area contributed by atoms with Crippen molar-refractivity contribution in [3.8, 4) is 0 Å². The Labute approximate surface area is 103 Å². The Morgan fingerprint density at radius 1 is 1.67 bits per heavy atom. The highest BCUT2D eigenvalue weighted by molar-refractivity contribution is 5.79. The molecular formula is C12H14F2N2O2. The van der Waals surface area contributed by atoms with Crippen LogP contribution in [0.1, 0.15) is 24.9 Å². The summed E-state index contributed by atoms with van der Waals surface area (Å²) in [5.41, 5.74) is 0.952. The number of nitrogens with one attached hydrogen (secondary N) is 1. The first kappa shape index (κ1) is 12.9. The van der Waals surface area contributed by atoms with Gasteiger partial charge in [0.1, 0.15) is 6.10 Å². The standard InChI is InChI=1S/C12H14F2N2O2/c1-8(9-3-2-4-15-6-9)16-7-10-5-12(13,14)11(17)18-10/h2-4,6,8,10,16H,5,7H2,1H3/t8-,10?/m0/s1. The molecule has 1 N–H and O–H groups in total. The molecule has 0 spiro atoms. The van der Waals surface area contributed by atoms with E-state index in [1.54, 1.807) is 18.5 Å². The first-order chi connectivity index (χ1) is 8.49. The molecule has 98 valence electrons. The number of halogens is 2. The van der Waals surface area contributed by atoms with E-state index >= 15 is 0 Å². The molecule has 1 fully saturated rings. The molecule has 1 aromatic heterocycles. The molecule has 2 rings (SSSR count). The first-order valence-electron chi connectivity index (χ1n) is 5.71. The molecule has 6 heteroatoms. The molecule has 0 saturated carbocycles. The smallest absolute Gasteiger partial charge is 0.377 e. The molecule has 2 heterocycles. The Bertz CT molecular complexity index is 425. The van der Waals surface area contributed by atoms with Gasteiger partial charge in [0.15, 0.2) is 0 Å². The number of hydrogen-bond donors (Lipinski definition) is 1. The van der Waals surface area contributed by atoms with Crippen molar-refractivity contribution in [3.05, 3.63) is 30.1 Å². The van der Waals surface area contributed by atoms with E-state index in [1.807, 2.05) is 13.0 Å². The number of rotatable bonds is 4. The lowest BCUT2D eigenvalue weighted by molar-refractivity contribution is -0.159. The minimum Gasteiger partial charge on any atom is -0.456 e. The van der Waals surface area contributed by atoms with Crippen molar-refractivity contribution >= 4 is 5.97 Å². The van der Waals surface area contributed by atoms with Crippen LogP contribution < -0.4 is 5.32 Å². The summed E-state index contributed by atoms with van der Waals surface area (Å²) in [6, 6.07) is 3.66. The molecule has 1 saturated heterocycles. The van der Waals surface area contributed by atoms with Gasteiger partial charge in [-0.2, -0.15) is 8.78 Å². The van der Waals surface area contributed by atoms with Crippen LogP contribution >= 0.6 is 0 Å². The van der Waals surface area contributed by atoms with Crippen LogP contribution in [0.4, 0.5) is 8.78 Å². The molecule has 18 heavy (non-hydrogen) atoms. The van der Waals surface area contributed by atoms with E-state index in [1.165, 1.54) is 0 Å². The van der Waals surface area contributed by atoms with Crippen molar-refractivity contribution < 1.29 is 18.3 Å². The predicted molar refractivity (Wildman–Crippen MR) is 60.1 cm³/mol. The Kier molecular flexibility index (Phi) is 3.56. The van der Waals surface area contributed by atoms with E-state index in [-0.39, 0.29) is 12.6 Å². The normalized spacial score (nSPS) is 23.7. The van der Waals surface area contributed by atoms with E-state index in [9.17, 15) is 13.6 Å². The average Bonchev–Trinajstić information content (AvgIpc) is 2.61. The number of alkyl halides is 2. The number of aromatic nitrogens is 1. The van der Waals surface area contributed by atoms with Crippen molar-refractivity contribution in [3.63, 3.8) is 0 Å². The first-order valence-corrected chi connectivity index (χ1v) is 5.71. The lowest BCUT2D eigenvalue weighted by atomic mass is 10.1. The fourth-order valence-corrected chi connectivity index (χ4v) is 1.82. The number of esters is 1. The maximum Gasteiger partial charge on any atom is 0.377 e. The van der Waals surface area contributed by atoms with Crippen LogP contribution in [-0.2, 0) is 9.53 Å². The summed E-state index contributed by atoms with van der Waals surface area (Å²) in [4.78, 5) is 14.8. The summed E-state index contributed by atoms with van der Waals surface area (Å²) in [5.74, 6) is -4.77. The average molecular weight is 256 g/mol. The maximum absolute atomic E-state index is 12.9. The van der Waals surface area contributed by atoms with Crippen molar-refractivity contribution in [2.24, 2.45) is 0 Å². The van der Waals surface area contributed by atoms with E-state index < -0.39 is 24.4 Å². The topological polar surface area (TPSA) is 51.2 Å². The number of carbonyl (C=O) groups is 1. The van der Waals surface area contributed by atoms with Gasteiger partial charge in [-0.15, -0.1) is 0 Å². The summed E-state index contributed by atoms with van der Waals surface area (Å²) < 4.78 is 30.4. The molecule has 1 aliphatic rings. The third kappa shape index (κ3) is 2.81. The van der Waals surface area contributed by atoms with Crippen LogP contribution in [0, 0.1) is 0 Å². The number of cyclic esters (lactones) is 1. The zero-order valence-corrected chi connectivity index (χ0v) is 9.90. The second-order valence-corrected chi connectivity index (χ2v) is 4.35. The molecule has 1 aromatic rings. The molecule has 0 radical (unpaired) electrons. The van der Waals surface area contributed by atoms with Gasteiger partial charge < -0.3 is 10.1 Å². The summed E-state index contributed by atoms with van der Waals surface area (Å²) in [5, 5.41) is 3.05. The van der Waals surface area contributed by atoms with Gasteiger partial charge in [-0.25, -0.2) is 4.79 Å². The van der Waals surface area contributed by atoms with E-state index in [4.69, 9.17) is 0 Å². The monoisotopic (exact) mass is 256 g/mol. The molecule has 1 unspecified atom stereocenters. The van der Waals surface area contributed by atoms with Crippen LogP contribution in [0.25, 0.3) is 0 Å². The highest BCUT2D eigenvalue weighted by atomic mass is 19.3. The minimum absolute atomic E-state index is 0.0355. The number of hydrogen-bond acceptors (Lipinski definition) is 4. The molecular weight excluding hydrogens is 242 g/mol. The summed E-state index contributed by atoms with van der Waals surface area (Å²) in [6.45, 7) is 2.10. The number of ether oxygens (including phenoxy) is 1. The van der Waals surface area contributed by atoms with Gasteiger partial charge in [0.2, 0.25) is 0 Å². The fourth-order valence-electron chi connectivity index (χ4n) is 1.82. The predicted octanol–water partition coefficient (Wildman–Crippen LogP) is 1.68. The van der Waals surface area contributed by atoms with E-state index in [0.29, 0.717) is 0 Å². The highest BCUT2D eigenvalue weighted by Gasteiger charge is 2.50. The number of carbonyl (C=O) groups excluding carboxylic acids is 1. The summed E-state index contributed by atoms with van der Waals surface area (Å²) >= 11 is 0. The largest absolute Gasteiger partial charge is 0.456 e. The zero-order chi connectivity index (χ0) is 13.2. The van der Waals surface area contributed by atoms with Gasteiger partial charge in [0.05, 0.1) is 6.42 Å². The van der Waals surface area contributed by atoms with Crippen LogP contribution in [0.5, 0.6) is 0 Å². The van der Waals surface area contributed by atoms with Crippen molar-refractivity contribution in [2.75, 3.05) is 6.54 Å². The fraction of sp³-hybridized carbons (Fsp3) is 0.500. The highest BCUT2D eigenvalue weighted by Crippen LogP contribution is 2.30. The summed E-state index contributed by atoms with van der Waals surface area (Å²) in [7, 11) is 0. The molecule has 1 aliphatic heterocycles. The quantitative estimate of drug-likeness (QED) is 0.833. The Hall–Kier alpha value is -1.56. The van der Waals surface area contributed by atoms with Gasteiger partial charge in [-0.3, -0.25) is 4.98 Å². The van der Waals surface area contributed by atoms with E-state index in [2.05, 4.69) is 15.0 Å². The zero-order valence-electron chi connectivity index (χ0n) is 9.90. The molecule has 0 amide bonds. The van der Waals surface area contributed by atoms with Crippen molar-refractivity contribution in [1.29, 1.82) is 0 Å². The maximum atomic E-state index is 12.9. The Morgan fingerprint density at radius 3 is 3.00 bits per heavy atom. The number of pyridine rings is 1. The summed E-state index contributed by atoms with van der Waals surface area (Å²) in [6.07, 6.45) is 2.03. The minimum atomic E-state index is -3.34. The SMILES string of the molecule is C[C@H](NCC1CC(F)(F)C(=O)O1)c1cccnc1. The van der Waals surface area contributed by atoms with Gasteiger partial charge in [0, 0.05) is 25.0 Å². The Morgan fingerprint density at radius 2 is 2.44 bits per heavy atom. The third-order valence-corrected chi connectivity index (χ3v) is 2.89. The Balaban J connectivity index is 1.85. The van der Waals surface area contributed by atoms with E-state index in [0.717, 1.165) is 5.56 Å². The second-order valence-electron chi connectivity index (χ2n) is 4.35. The molecule has 2 atom stereocenters. The lowest BCUT2D eigenvalue weighted by Gasteiger charge is -2.16. The van der Waals surface area contributed by atoms with Gasteiger partial charge in [-0.1, -0.05) is 6.07 Å².